The van der Waals surface area contributed by atoms with Gasteiger partial charge >= 0.3 is 6.09 Å². The molecule has 1 aromatic carbocycles. The molecule has 1 aliphatic rings. The molecule has 0 radical (unpaired) electrons. The van der Waals surface area contributed by atoms with Crippen molar-refractivity contribution in [3.8, 4) is 0 Å². The number of amides is 1. The molecule has 0 saturated carbocycles. The molecule has 1 amide bonds. The Morgan fingerprint density at radius 2 is 1.87 bits per heavy atom. The van der Waals surface area contributed by atoms with Gasteiger partial charge in [0.05, 0.1) is 6.10 Å². The summed E-state index contributed by atoms with van der Waals surface area (Å²) < 4.78 is 5.42. The van der Waals surface area contributed by atoms with Gasteiger partial charge in [0.15, 0.2) is 0 Å². The van der Waals surface area contributed by atoms with Gasteiger partial charge in [-0.05, 0) is 57.9 Å². The van der Waals surface area contributed by atoms with Gasteiger partial charge in [-0.25, -0.2) is 4.79 Å². The summed E-state index contributed by atoms with van der Waals surface area (Å²) >= 11 is 0. The molecule has 23 heavy (non-hydrogen) atoms. The number of carbonyl (C=O) groups is 1. The molecule has 1 atom stereocenters. The van der Waals surface area contributed by atoms with E-state index >= 15 is 0 Å². The second-order valence-electron chi connectivity index (χ2n) is 7.41. The van der Waals surface area contributed by atoms with Gasteiger partial charge in [-0.1, -0.05) is 30.3 Å². The number of likely N-dealkylation sites (tertiary alicyclic amines) is 1. The van der Waals surface area contributed by atoms with Crippen molar-refractivity contribution in [3.63, 3.8) is 0 Å². The number of hydrogen-bond donors (Lipinski definition) is 1. The highest BCUT2D eigenvalue weighted by Crippen LogP contribution is 2.27. The molecule has 0 aromatic heterocycles. The molecule has 1 aliphatic heterocycles. The molecule has 1 unspecified atom stereocenters. The number of aliphatic hydroxyl groups excluding tert-OH is 1. The molecule has 2 rings (SSSR count). The summed E-state index contributed by atoms with van der Waals surface area (Å²) in [5, 5.41) is 10.2. The number of aliphatic hydroxyl groups is 1. The number of rotatable bonds is 4. The Balaban J connectivity index is 1.72. The van der Waals surface area contributed by atoms with Crippen LogP contribution in [0.25, 0.3) is 0 Å². The first-order chi connectivity index (χ1) is 10.8. The number of carbonyl (C=O) groups excluding carboxylic acids is 1. The molecular weight excluding hydrogens is 290 g/mol. The van der Waals surface area contributed by atoms with Crippen LogP contribution < -0.4 is 0 Å². The van der Waals surface area contributed by atoms with Crippen LogP contribution in [0.15, 0.2) is 30.3 Å². The maximum Gasteiger partial charge on any atom is 0.410 e. The minimum absolute atomic E-state index is 0.208. The quantitative estimate of drug-likeness (QED) is 0.907. The molecule has 1 N–H and O–H groups in total. The second kappa shape index (κ2) is 7.82. The van der Waals surface area contributed by atoms with E-state index in [9.17, 15) is 9.90 Å². The number of piperidine rings is 1. The van der Waals surface area contributed by atoms with Crippen LogP contribution in [-0.2, 0) is 4.74 Å². The van der Waals surface area contributed by atoms with E-state index in [1.807, 2.05) is 51.1 Å². The summed E-state index contributed by atoms with van der Waals surface area (Å²) in [7, 11) is 0. The first-order valence-electron chi connectivity index (χ1n) is 8.56. The van der Waals surface area contributed by atoms with Crippen LogP contribution >= 0.6 is 0 Å². The summed E-state index contributed by atoms with van der Waals surface area (Å²) in [6.07, 6.45) is 3.15. The molecular formula is C19H29NO3. The normalized spacial score (nSPS) is 17.8. The lowest BCUT2D eigenvalue weighted by Crippen LogP contribution is -2.41. The summed E-state index contributed by atoms with van der Waals surface area (Å²) in [4.78, 5) is 13.8. The third-order valence-corrected chi connectivity index (χ3v) is 4.30. The smallest absolute Gasteiger partial charge is 0.410 e. The van der Waals surface area contributed by atoms with Gasteiger partial charge < -0.3 is 14.7 Å². The highest BCUT2D eigenvalue weighted by molar-refractivity contribution is 5.68. The average Bonchev–Trinajstić information content (AvgIpc) is 2.52. The molecule has 0 aliphatic carbocycles. The van der Waals surface area contributed by atoms with Crippen molar-refractivity contribution in [1.82, 2.24) is 4.90 Å². The van der Waals surface area contributed by atoms with Crippen molar-refractivity contribution in [2.45, 2.75) is 58.2 Å². The Bertz CT molecular complexity index is 487. The van der Waals surface area contributed by atoms with Crippen molar-refractivity contribution in [1.29, 1.82) is 0 Å². The van der Waals surface area contributed by atoms with Crippen LogP contribution in [0, 0.1) is 5.92 Å². The lowest BCUT2D eigenvalue weighted by atomic mass is 9.90. The van der Waals surface area contributed by atoms with Crippen molar-refractivity contribution in [2.75, 3.05) is 13.1 Å². The van der Waals surface area contributed by atoms with Crippen molar-refractivity contribution in [2.24, 2.45) is 5.92 Å². The lowest BCUT2D eigenvalue weighted by Gasteiger charge is -2.33. The van der Waals surface area contributed by atoms with Crippen molar-refractivity contribution >= 4 is 6.09 Å². The minimum atomic E-state index is -0.437. The van der Waals surface area contributed by atoms with Crippen LogP contribution in [0.4, 0.5) is 4.79 Å². The molecule has 4 heteroatoms. The van der Waals surface area contributed by atoms with Gasteiger partial charge in [-0.2, -0.15) is 0 Å². The topological polar surface area (TPSA) is 49.8 Å². The van der Waals surface area contributed by atoms with Gasteiger partial charge in [0, 0.05) is 13.1 Å². The predicted octanol–water partition coefficient (Wildman–Crippen LogP) is 4.15. The monoisotopic (exact) mass is 319 g/mol. The first kappa shape index (κ1) is 17.8. The molecule has 4 nitrogen and oxygen atoms in total. The summed E-state index contributed by atoms with van der Waals surface area (Å²) in [6.45, 7) is 7.18. The highest BCUT2D eigenvalue weighted by Gasteiger charge is 2.27. The third-order valence-electron chi connectivity index (χ3n) is 4.30. The zero-order chi connectivity index (χ0) is 16.9. The average molecular weight is 319 g/mol. The van der Waals surface area contributed by atoms with E-state index < -0.39 is 5.60 Å². The molecule has 1 heterocycles. The van der Waals surface area contributed by atoms with Crippen LogP contribution in [0.1, 0.15) is 58.1 Å². The van der Waals surface area contributed by atoms with Crippen LogP contribution in [0.5, 0.6) is 0 Å². The van der Waals surface area contributed by atoms with E-state index in [-0.39, 0.29) is 12.2 Å². The highest BCUT2D eigenvalue weighted by atomic mass is 16.6. The number of hydrogen-bond acceptors (Lipinski definition) is 3. The van der Waals surface area contributed by atoms with Crippen LogP contribution in [0.3, 0.4) is 0 Å². The van der Waals surface area contributed by atoms with E-state index in [2.05, 4.69) is 0 Å². The summed E-state index contributed by atoms with van der Waals surface area (Å²) in [5.41, 5.74) is 0.548. The van der Waals surface area contributed by atoms with E-state index in [0.717, 1.165) is 44.3 Å². The minimum Gasteiger partial charge on any atom is -0.444 e. The van der Waals surface area contributed by atoms with E-state index in [0.29, 0.717) is 5.92 Å². The van der Waals surface area contributed by atoms with E-state index in [1.54, 1.807) is 4.90 Å². The molecule has 0 spiro atoms. The number of benzene rings is 1. The standard InChI is InChI=1S/C19H29NO3/c1-19(2,3)23-18(22)20-13-11-15(12-14-20)9-10-17(21)16-7-5-4-6-8-16/h4-8,15,17,21H,9-14H2,1-3H3. The van der Waals surface area contributed by atoms with E-state index in [1.165, 1.54) is 0 Å². The molecule has 1 fully saturated rings. The predicted molar refractivity (Wildman–Crippen MR) is 91.2 cm³/mol. The number of ether oxygens (including phenoxy) is 1. The van der Waals surface area contributed by atoms with Crippen LogP contribution in [-0.4, -0.2) is 34.8 Å². The largest absolute Gasteiger partial charge is 0.444 e. The fourth-order valence-electron chi connectivity index (χ4n) is 2.97. The fourth-order valence-corrected chi connectivity index (χ4v) is 2.97. The Labute approximate surface area is 139 Å². The van der Waals surface area contributed by atoms with Crippen LogP contribution in [0.2, 0.25) is 0 Å². The maximum absolute atomic E-state index is 12.0. The van der Waals surface area contributed by atoms with Crippen molar-refractivity contribution < 1.29 is 14.6 Å². The van der Waals surface area contributed by atoms with E-state index in [4.69, 9.17) is 4.74 Å². The Hall–Kier alpha value is -1.55. The van der Waals surface area contributed by atoms with Gasteiger partial charge in [0.25, 0.3) is 0 Å². The van der Waals surface area contributed by atoms with Crippen molar-refractivity contribution in [3.05, 3.63) is 35.9 Å². The molecule has 1 saturated heterocycles. The van der Waals surface area contributed by atoms with Gasteiger partial charge in [-0.3, -0.25) is 0 Å². The zero-order valence-corrected chi connectivity index (χ0v) is 14.5. The van der Waals surface area contributed by atoms with Gasteiger partial charge in [0.2, 0.25) is 0 Å². The zero-order valence-electron chi connectivity index (χ0n) is 14.5. The maximum atomic E-state index is 12.0. The lowest BCUT2D eigenvalue weighted by molar-refractivity contribution is 0.0174. The number of nitrogens with zero attached hydrogens (tertiary/aromatic N) is 1. The second-order valence-corrected chi connectivity index (χ2v) is 7.41. The SMILES string of the molecule is CC(C)(C)OC(=O)N1CCC(CCC(O)c2ccccc2)CC1. The van der Waals surface area contributed by atoms with Gasteiger partial charge in [0.1, 0.15) is 5.60 Å². The summed E-state index contributed by atoms with van der Waals surface area (Å²) in [6, 6.07) is 9.81. The van der Waals surface area contributed by atoms with Gasteiger partial charge in [-0.15, -0.1) is 0 Å². The molecule has 1 aromatic rings. The Kier molecular flexibility index (Phi) is 6.05. The third kappa shape index (κ3) is 5.87. The fraction of sp³-hybridized carbons (Fsp3) is 0.632. The summed E-state index contributed by atoms with van der Waals surface area (Å²) in [5.74, 6) is 0.576. The molecule has 0 bridgehead atoms. The Morgan fingerprint density at radius 3 is 2.43 bits per heavy atom. The Morgan fingerprint density at radius 1 is 1.26 bits per heavy atom. The first-order valence-corrected chi connectivity index (χ1v) is 8.56. The molecule has 128 valence electrons.